The van der Waals surface area contributed by atoms with Crippen molar-refractivity contribution in [2.75, 3.05) is 54.2 Å². The molecule has 7 nitrogen and oxygen atoms in total. The first kappa shape index (κ1) is 29.4. The van der Waals surface area contributed by atoms with E-state index in [4.69, 9.17) is 18.9 Å². The molecule has 2 aromatic rings. The van der Waals surface area contributed by atoms with Gasteiger partial charge in [-0.2, -0.15) is 0 Å². The highest BCUT2D eigenvalue weighted by Crippen LogP contribution is 2.42. The quantitative estimate of drug-likeness (QED) is 0.358. The van der Waals surface area contributed by atoms with Crippen molar-refractivity contribution >= 4 is 5.91 Å². The van der Waals surface area contributed by atoms with Gasteiger partial charge >= 0.3 is 0 Å². The Kier molecular flexibility index (Phi) is 10.3. The number of hydrogen-bond donors (Lipinski definition) is 1. The summed E-state index contributed by atoms with van der Waals surface area (Å²) >= 11 is 0. The zero-order valence-electron chi connectivity index (χ0n) is 23.1. The van der Waals surface area contributed by atoms with E-state index in [0.29, 0.717) is 51.4 Å². The summed E-state index contributed by atoms with van der Waals surface area (Å²) in [4.78, 5) is 16.2. The molecule has 1 saturated carbocycles. The molecule has 0 aromatic heterocycles. The van der Waals surface area contributed by atoms with Gasteiger partial charge in [-0.1, -0.05) is 12.1 Å². The van der Waals surface area contributed by atoms with Crippen molar-refractivity contribution in [2.45, 2.75) is 50.3 Å². The number of carbonyl (C=O) groups excluding carboxylic acids is 1. The molecule has 1 aliphatic carbocycles. The summed E-state index contributed by atoms with van der Waals surface area (Å²) in [6.07, 6.45) is 4.04. The first-order valence-corrected chi connectivity index (χ1v) is 13.7. The molecule has 1 aliphatic heterocycles. The Balaban J connectivity index is 1.61. The average molecular weight is 547 g/mol. The normalized spacial score (nSPS) is 21.1. The van der Waals surface area contributed by atoms with Gasteiger partial charge in [-0.15, -0.1) is 0 Å². The van der Waals surface area contributed by atoms with Gasteiger partial charge in [0.2, 0.25) is 5.91 Å². The van der Waals surface area contributed by atoms with Gasteiger partial charge < -0.3 is 29.2 Å². The van der Waals surface area contributed by atoms with E-state index in [1.807, 2.05) is 17.0 Å². The van der Waals surface area contributed by atoms with Crippen LogP contribution in [-0.2, 0) is 37.6 Å². The summed E-state index contributed by atoms with van der Waals surface area (Å²) in [5.41, 5.74) is 1.53. The maximum Gasteiger partial charge on any atom is 0.230 e. The second-order valence-electron chi connectivity index (χ2n) is 10.3. The van der Waals surface area contributed by atoms with Crippen LogP contribution in [0.25, 0.3) is 0 Å². The van der Waals surface area contributed by atoms with E-state index in [2.05, 4.69) is 11.4 Å². The zero-order chi connectivity index (χ0) is 27.8. The van der Waals surface area contributed by atoms with E-state index in [-0.39, 0.29) is 11.9 Å². The van der Waals surface area contributed by atoms with Crippen LogP contribution in [0, 0.1) is 17.6 Å². The van der Waals surface area contributed by atoms with Crippen LogP contribution in [0.15, 0.2) is 36.4 Å². The number of piperidine rings is 1. The molecule has 0 radical (unpaired) electrons. The smallest absolute Gasteiger partial charge is 0.230 e. The predicted octanol–water partition coefficient (Wildman–Crippen LogP) is 4.21. The average Bonchev–Trinajstić information content (AvgIpc) is 3.78. The Labute approximate surface area is 229 Å². The minimum atomic E-state index is -1.06. The molecule has 0 spiro atoms. The Bertz CT molecular complexity index is 1080. The molecule has 214 valence electrons. The molecule has 2 unspecified atom stereocenters. The highest BCUT2D eigenvalue weighted by molar-refractivity contribution is 5.81. The number of amides is 1. The molecule has 39 heavy (non-hydrogen) atoms. The summed E-state index contributed by atoms with van der Waals surface area (Å²) < 4.78 is 50.4. The molecule has 2 aromatic carbocycles. The van der Waals surface area contributed by atoms with E-state index >= 15 is 0 Å². The van der Waals surface area contributed by atoms with Gasteiger partial charge in [-0.05, 0) is 79.6 Å². The van der Waals surface area contributed by atoms with Crippen molar-refractivity contribution in [3.8, 4) is 5.75 Å². The Morgan fingerprint density at radius 2 is 1.77 bits per heavy atom. The van der Waals surface area contributed by atoms with Gasteiger partial charge in [-0.3, -0.25) is 4.79 Å². The minimum Gasteiger partial charge on any atom is -0.491 e. The molecule has 1 N–H and O–H groups in total. The predicted molar refractivity (Wildman–Crippen MR) is 144 cm³/mol. The van der Waals surface area contributed by atoms with E-state index in [9.17, 15) is 13.6 Å². The molecule has 2 fully saturated rings. The van der Waals surface area contributed by atoms with Gasteiger partial charge in [0.1, 0.15) is 18.0 Å². The molecule has 1 amide bonds. The number of aryl methyl sites for hydroxylation is 1. The lowest BCUT2D eigenvalue weighted by molar-refractivity contribution is -0.155. The molecule has 9 heteroatoms. The fraction of sp³-hybridized carbons (Fsp3) is 0.567. The molecule has 1 saturated heterocycles. The number of rotatable bonds is 14. The van der Waals surface area contributed by atoms with Crippen LogP contribution >= 0.6 is 0 Å². The first-order chi connectivity index (χ1) is 18.9. The summed E-state index contributed by atoms with van der Waals surface area (Å²) in [5.74, 6) is -1.77. The topological polar surface area (TPSA) is 69.3 Å². The number of halogens is 2. The van der Waals surface area contributed by atoms with Crippen molar-refractivity contribution in [1.29, 1.82) is 0 Å². The van der Waals surface area contributed by atoms with Crippen LogP contribution in [0.5, 0.6) is 5.75 Å². The van der Waals surface area contributed by atoms with Crippen molar-refractivity contribution in [3.63, 3.8) is 0 Å². The van der Waals surface area contributed by atoms with Gasteiger partial charge in [0.15, 0.2) is 11.6 Å². The Morgan fingerprint density at radius 3 is 2.46 bits per heavy atom. The number of methoxy groups -OCH3 is 3. The van der Waals surface area contributed by atoms with Crippen molar-refractivity contribution in [3.05, 3.63) is 64.7 Å². The van der Waals surface area contributed by atoms with E-state index in [1.54, 1.807) is 21.3 Å². The van der Waals surface area contributed by atoms with E-state index in [0.717, 1.165) is 48.6 Å². The zero-order valence-corrected chi connectivity index (χ0v) is 23.1. The van der Waals surface area contributed by atoms with Crippen molar-refractivity contribution in [1.82, 2.24) is 10.2 Å². The van der Waals surface area contributed by atoms with Gasteiger partial charge in [-0.25, -0.2) is 8.78 Å². The highest BCUT2D eigenvalue weighted by Gasteiger charge is 2.50. The number of nitrogens with one attached hydrogen (secondary N) is 1. The lowest BCUT2D eigenvalue weighted by Gasteiger charge is -2.44. The molecular weight excluding hydrogens is 506 g/mol. The lowest BCUT2D eigenvalue weighted by atomic mass is 9.75. The molecule has 1 heterocycles. The Hall–Kier alpha value is -2.59. The van der Waals surface area contributed by atoms with Crippen LogP contribution in [-0.4, -0.2) is 71.1 Å². The fourth-order valence-corrected chi connectivity index (χ4v) is 5.49. The third kappa shape index (κ3) is 7.14. The maximum absolute atomic E-state index is 14.3. The summed E-state index contributed by atoms with van der Waals surface area (Å²) in [6.45, 7) is 2.99. The number of carbonyl (C=O) groups is 1. The SMILES string of the molecule is COCCCc1cc(CN(C(=O)C2CNCCC2(OC)c2ccc(F)c(F)c2)C2CC2)cc(OCCOC)c1. The number of nitrogens with zero attached hydrogens (tertiary/aromatic N) is 1. The third-order valence-electron chi connectivity index (χ3n) is 7.67. The third-order valence-corrected chi connectivity index (χ3v) is 7.67. The molecule has 0 bridgehead atoms. The second-order valence-corrected chi connectivity index (χ2v) is 10.3. The largest absolute Gasteiger partial charge is 0.491 e. The summed E-state index contributed by atoms with van der Waals surface area (Å²) in [6, 6.07) is 10.1. The first-order valence-electron chi connectivity index (χ1n) is 13.7. The molecule has 2 atom stereocenters. The summed E-state index contributed by atoms with van der Waals surface area (Å²) in [5, 5.41) is 3.32. The summed E-state index contributed by atoms with van der Waals surface area (Å²) in [7, 11) is 4.87. The lowest BCUT2D eigenvalue weighted by Crippen LogP contribution is -2.56. The van der Waals surface area contributed by atoms with Crippen LogP contribution < -0.4 is 10.1 Å². The van der Waals surface area contributed by atoms with Gasteiger partial charge in [0.25, 0.3) is 0 Å². The van der Waals surface area contributed by atoms with Crippen LogP contribution in [0.4, 0.5) is 8.78 Å². The molecular formula is C30H40F2N2O5. The van der Waals surface area contributed by atoms with Gasteiger partial charge in [0, 0.05) is 47.1 Å². The second kappa shape index (κ2) is 13.7. The fourth-order valence-electron chi connectivity index (χ4n) is 5.49. The Morgan fingerprint density at radius 1 is 1.00 bits per heavy atom. The standard InChI is InChI=1S/C30H40F2N2O5/c1-36-12-4-5-21-15-22(17-25(16-21)39-14-13-37-2)20-34(24-7-8-24)29(35)26-19-33-11-10-30(26,38-3)23-6-9-27(31)28(32)18-23/h6,9,15-18,24,26,33H,4-5,7-8,10-14,19-20H2,1-3H3. The molecule has 2 aliphatic rings. The highest BCUT2D eigenvalue weighted by atomic mass is 19.2. The number of hydrogen-bond acceptors (Lipinski definition) is 6. The van der Waals surface area contributed by atoms with Crippen LogP contribution in [0.2, 0.25) is 0 Å². The van der Waals surface area contributed by atoms with Crippen molar-refractivity contribution < 1.29 is 32.5 Å². The number of ether oxygens (including phenoxy) is 4. The van der Waals surface area contributed by atoms with Crippen LogP contribution in [0.1, 0.15) is 42.4 Å². The number of benzene rings is 2. The molecule has 4 rings (SSSR count). The maximum atomic E-state index is 14.3. The van der Waals surface area contributed by atoms with Gasteiger partial charge in [0.05, 0.1) is 12.5 Å². The van der Waals surface area contributed by atoms with Crippen LogP contribution in [0.3, 0.4) is 0 Å². The van der Waals surface area contributed by atoms with E-state index < -0.39 is 23.2 Å². The van der Waals surface area contributed by atoms with E-state index in [1.165, 1.54) is 12.1 Å². The monoisotopic (exact) mass is 546 g/mol. The minimum absolute atomic E-state index is 0.0529. The van der Waals surface area contributed by atoms with Crippen molar-refractivity contribution in [2.24, 2.45) is 5.92 Å².